The molecular weight excluding hydrogens is 262 g/mol. The van der Waals surface area contributed by atoms with Crippen LogP contribution < -0.4 is 0 Å². The average molecular weight is 283 g/mol. The Bertz CT molecular complexity index is 458. The molecular formula is C13H21N3O4. The molecule has 0 atom stereocenters. The van der Waals surface area contributed by atoms with Gasteiger partial charge in [0, 0.05) is 38.8 Å². The molecule has 0 saturated carbocycles. The van der Waals surface area contributed by atoms with Crippen molar-refractivity contribution in [2.45, 2.75) is 26.0 Å². The van der Waals surface area contributed by atoms with Crippen molar-refractivity contribution in [3.05, 3.63) is 17.5 Å². The van der Waals surface area contributed by atoms with Gasteiger partial charge in [-0.3, -0.25) is 9.80 Å². The standard InChI is InChI=1S/C13H21N3O4/c1-13(2,19)9-16-5-3-15(4-6-16)8-10-7-11(12(17)18)14-20-10/h7,19H,3-6,8-9H2,1-2H3,(H,17,18). The van der Waals surface area contributed by atoms with Crippen molar-refractivity contribution in [2.24, 2.45) is 0 Å². The second-order valence-electron chi connectivity index (χ2n) is 5.85. The van der Waals surface area contributed by atoms with Crippen LogP contribution in [0.5, 0.6) is 0 Å². The highest BCUT2D eigenvalue weighted by Crippen LogP contribution is 2.12. The summed E-state index contributed by atoms with van der Waals surface area (Å²) in [5.74, 6) is -0.506. The van der Waals surface area contributed by atoms with Crippen molar-refractivity contribution < 1.29 is 19.5 Å². The van der Waals surface area contributed by atoms with Crippen LogP contribution in [0, 0.1) is 0 Å². The molecule has 7 nitrogen and oxygen atoms in total. The maximum absolute atomic E-state index is 10.7. The maximum Gasteiger partial charge on any atom is 0.358 e. The summed E-state index contributed by atoms with van der Waals surface area (Å²) in [5, 5.41) is 22.1. The first-order chi connectivity index (χ1) is 9.33. The fourth-order valence-corrected chi connectivity index (χ4v) is 2.36. The lowest BCUT2D eigenvalue weighted by atomic mass is 10.1. The predicted molar refractivity (Wildman–Crippen MR) is 71.5 cm³/mol. The molecule has 0 aromatic carbocycles. The fourth-order valence-electron chi connectivity index (χ4n) is 2.36. The summed E-state index contributed by atoms with van der Waals surface area (Å²) < 4.78 is 5.01. The fraction of sp³-hybridized carbons (Fsp3) is 0.692. The average Bonchev–Trinajstić information content (AvgIpc) is 2.78. The molecule has 7 heteroatoms. The number of aromatic carboxylic acids is 1. The molecule has 0 unspecified atom stereocenters. The molecule has 1 aromatic heterocycles. The molecule has 1 aromatic rings. The first-order valence-electron chi connectivity index (χ1n) is 6.69. The number of β-amino-alcohol motifs (C(OH)–C–C–N with tert-alkyl or cyclic N) is 1. The van der Waals surface area contributed by atoms with Gasteiger partial charge in [0.1, 0.15) is 0 Å². The van der Waals surface area contributed by atoms with E-state index in [2.05, 4.69) is 15.0 Å². The van der Waals surface area contributed by atoms with Gasteiger partial charge in [-0.05, 0) is 13.8 Å². The molecule has 1 saturated heterocycles. The van der Waals surface area contributed by atoms with E-state index in [9.17, 15) is 9.90 Å². The zero-order valence-electron chi connectivity index (χ0n) is 11.9. The van der Waals surface area contributed by atoms with Crippen LogP contribution in [0.4, 0.5) is 0 Å². The van der Waals surface area contributed by atoms with E-state index >= 15 is 0 Å². The Labute approximate surface area is 117 Å². The summed E-state index contributed by atoms with van der Waals surface area (Å²) in [7, 11) is 0. The second kappa shape index (κ2) is 5.90. The third-order valence-corrected chi connectivity index (χ3v) is 3.23. The van der Waals surface area contributed by atoms with E-state index in [0.717, 1.165) is 26.2 Å². The van der Waals surface area contributed by atoms with Crippen LogP contribution in [0.3, 0.4) is 0 Å². The van der Waals surface area contributed by atoms with Crippen molar-refractivity contribution in [3.63, 3.8) is 0 Å². The SMILES string of the molecule is CC(C)(O)CN1CCN(Cc2cc(C(=O)O)no2)CC1. The Kier molecular flexibility index (Phi) is 4.42. The third-order valence-electron chi connectivity index (χ3n) is 3.23. The molecule has 2 N–H and O–H groups in total. The molecule has 0 spiro atoms. The lowest BCUT2D eigenvalue weighted by molar-refractivity contribution is 0.0155. The summed E-state index contributed by atoms with van der Waals surface area (Å²) in [6, 6.07) is 1.46. The highest BCUT2D eigenvalue weighted by Gasteiger charge is 2.23. The molecule has 1 aliphatic heterocycles. The Hall–Kier alpha value is -1.44. The van der Waals surface area contributed by atoms with Crippen molar-refractivity contribution in [2.75, 3.05) is 32.7 Å². The molecule has 20 heavy (non-hydrogen) atoms. The predicted octanol–water partition coefficient (Wildman–Crippen LogP) is 0.261. The van der Waals surface area contributed by atoms with E-state index in [1.807, 2.05) is 0 Å². The zero-order chi connectivity index (χ0) is 14.8. The quantitative estimate of drug-likeness (QED) is 0.801. The van der Waals surface area contributed by atoms with E-state index in [1.165, 1.54) is 6.07 Å². The lowest BCUT2D eigenvalue weighted by Gasteiger charge is -2.36. The molecule has 1 aliphatic rings. The van der Waals surface area contributed by atoms with Crippen molar-refractivity contribution in [1.29, 1.82) is 0 Å². The van der Waals surface area contributed by atoms with E-state index in [1.54, 1.807) is 13.8 Å². The minimum Gasteiger partial charge on any atom is -0.476 e. The molecule has 0 amide bonds. The van der Waals surface area contributed by atoms with Crippen LogP contribution in [0.25, 0.3) is 0 Å². The van der Waals surface area contributed by atoms with Gasteiger partial charge in [0.2, 0.25) is 0 Å². The van der Waals surface area contributed by atoms with Crippen molar-refractivity contribution >= 4 is 5.97 Å². The zero-order valence-corrected chi connectivity index (χ0v) is 11.9. The molecule has 112 valence electrons. The van der Waals surface area contributed by atoms with E-state index in [4.69, 9.17) is 9.63 Å². The van der Waals surface area contributed by atoms with Gasteiger partial charge in [-0.25, -0.2) is 4.79 Å². The van der Waals surface area contributed by atoms with Crippen molar-refractivity contribution in [1.82, 2.24) is 15.0 Å². The summed E-state index contributed by atoms with van der Waals surface area (Å²) in [6.07, 6.45) is 0. The molecule has 0 radical (unpaired) electrons. The molecule has 1 fully saturated rings. The van der Waals surface area contributed by atoms with Crippen LogP contribution in [-0.2, 0) is 6.54 Å². The van der Waals surface area contributed by atoms with Gasteiger partial charge in [0.25, 0.3) is 0 Å². The van der Waals surface area contributed by atoms with Crippen LogP contribution in [-0.4, -0.2) is 69.5 Å². The van der Waals surface area contributed by atoms with Gasteiger partial charge < -0.3 is 14.7 Å². The maximum atomic E-state index is 10.7. The number of aliphatic hydroxyl groups is 1. The van der Waals surface area contributed by atoms with Gasteiger partial charge >= 0.3 is 5.97 Å². The van der Waals surface area contributed by atoms with Crippen LogP contribution in [0.15, 0.2) is 10.6 Å². The first kappa shape index (κ1) is 15.0. The topological polar surface area (TPSA) is 90.0 Å². The lowest BCUT2D eigenvalue weighted by Crippen LogP contribution is -2.50. The molecule has 2 rings (SSSR count). The number of hydrogen-bond acceptors (Lipinski definition) is 6. The van der Waals surface area contributed by atoms with Crippen LogP contribution >= 0.6 is 0 Å². The number of hydrogen-bond donors (Lipinski definition) is 2. The number of aromatic nitrogens is 1. The first-order valence-corrected chi connectivity index (χ1v) is 6.69. The number of piperazine rings is 1. The third kappa shape index (κ3) is 4.29. The smallest absolute Gasteiger partial charge is 0.358 e. The van der Waals surface area contributed by atoms with Crippen LogP contribution in [0.2, 0.25) is 0 Å². The minimum absolute atomic E-state index is 0.0549. The summed E-state index contributed by atoms with van der Waals surface area (Å²) in [6.45, 7) is 8.32. The van der Waals surface area contributed by atoms with Gasteiger partial charge in [-0.15, -0.1) is 0 Å². The molecule has 0 bridgehead atoms. The van der Waals surface area contributed by atoms with Gasteiger partial charge in [0.05, 0.1) is 12.1 Å². The molecule has 2 heterocycles. The van der Waals surface area contributed by atoms with E-state index in [-0.39, 0.29) is 5.69 Å². The van der Waals surface area contributed by atoms with E-state index < -0.39 is 11.6 Å². The minimum atomic E-state index is -1.07. The monoisotopic (exact) mass is 283 g/mol. The summed E-state index contributed by atoms with van der Waals surface area (Å²) >= 11 is 0. The Morgan fingerprint density at radius 3 is 2.45 bits per heavy atom. The number of carbonyl (C=O) groups is 1. The molecule has 0 aliphatic carbocycles. The normalized spacial score (nSPS) is 18.4. The number of nitrogens with zero attached hydrogens (tertiary/aromatic N) is 3. The van der Waals surface area contributed by atoms with Gasteiger partial charge in [-0.1, -0.05) is 5.16 Å². The second-order valence-corrected chi connectivity index (χ2v) is 5.85. The largest absolute Gasteiger partial charge is 0.476 e. The Morgan fingerprint density at radius 2 is 1.95 bits per heavy atom. The Balaban J connectivity index is 1.80. The van der Waals surface area contributed by atoms with E-state index in [0.29, 0.717) is 18.8 Å². The highest BCUT2D eigenvalue weighted by atomic mass is 16.5. The number of carboxylic acids is 1. The van der Waals surface area contributed by atoms with Crippen LogP contribution in [0.1, 0.15) is 30.1 Å². The van der Waals surface area contributed by atoms with Gasteiger partial charge in [-0.2, -0.15) is 0 Å². The number of rotatable bonds is 5. The highest BCUT2D eigenvalue weighted by molar-refractivity contribution is 5.85. The Morgan fingerprint density at radius 1 is 1.35 bits per heavy atom. The number of carboxylic acid groups (broad SMARTS) is 1. The van der Waals surface area contributed by atoms with Crippen molar-refractivity contribution in [3.8, 4) is 0 Å². The summed E-state index contributed by atoms with van der Waals surface area (Å²) in [4.78, 5) is 15.1. The summed E-state index contributed by atoms with van der Waals surface area (Å²) in [5.41, 5.74) is -0.732. The van der Waals surface area contributed by atoms with Gasteiger partial charge in [0.15, 0.2) is 11.5 Å².